The first-order valence-corrected chi connectivity index (χ1v) is 14.3. The van der Waals surface area contributed by atoms with Crippen molar-refractivity contribution in [2.24, 2.45) is 39.9 Å². The van der Waals surface area contributed by atoms with Crippen LogP contribution < -0.4 is 0 Å². The number of hydrogen-bond acceptors (Lipinski definition) is 8. The van der Waals surface area contributed by atoms with Crippen molar-refractivity contribution in [3.8, 4) is 0 Å². The summed E-state index contributed by atoms with van der Waals surface area (Å²) in [5.41, 5.74) is 0.359. The van der Waals surface area contributed by atoms with Crippen LogP contribution in [0.15, 0.2) is 42.5 Å². The fraction of sp³-hybridized carbons (Fsp3) is 0.645. The van der Waals surface area contributed by atoms with Gasteiger partial charge in [0.25, 0.3) is 0 Å². The van der Waals surface area contributed by atoms with Crippen molar-refractivity contribution in [2.75, 3.05) is 6.54 Å². The summed E-state index contributed by atoms with van der Waals surface area (Å²) < 4.78 is 18.6. The van der Waals surface area contributed by atoms with E-state index in [9.17, 15) is 19.5 Å². The van der Waals surface area contributed by atoms with E-state index in [2.05, 4.69) is 18.4 Å². The number of benzene rings is 1. The molecule has 14 unspecified atom stereocenters. The number of aliphatic hydroxyl groups is 1. The van der Waals surface area contributed by atoms with E-state index >= 15 is 0 Å². The number of aliphatic hydroxyl groups excluding tert-OH is 1. The molecule has 3 saturated heterocycles. The average molecular weight is 534 g/mol. The molecule has 6 saturated carbocycles. The Morgan fingerprint density at radius 3 is 2.44 bits per heavy atom. The zero-order chi connectivity index (χ0) is 27.2. The Morgan fingerprint density at radius 1 is 1.03 bits per heavy atom. The molecule has 3 aliphatic heterocycles. The lowest BCUT2D eigenvalue weighted by Gasteiger charge is -2.67. The maximum Gasteiger partial charge on any atom is 0.338 e. The molecule has 2 spiro atoms. The van der Waals surface area contributed by atoms with Gasteiger partial charge in [0.1, 0.15) is 18.3 Å². The van der Waals surface area contributed by atoms with Gasteiger partial charge in [-0.05, 0) is 48.1 Å². The lowest BCUT2D eigenvalue weighted by molar-refractivity contribution is -0.253. The maximum absolute atomic E-state index is 13.6. The summed E-state index contributed by atoms with van der Waals surface area (Å²) in [7, 11) is 0. The smallest absolute Gasteiger partial charge is 0.338 e. The van der Waals surface area contributed by atoms with Gasteiger partial charge in [0, 0.05) is 55.6 Å². The molecule has 1 N–H and O–H groups in total. The van der Waals surface area contributed by atoms with E-state index in [1.165, 1.54) is 13.8 Å². The number of nitrogens with zero attached hydrogens (tertiary/aromatic N) is 1. The Bertz CT molecular complexity index is 1330. The Hall–Kier alpha value is -2.71. The van der Waals surface area contributed by atoms with Crippen molar-refractivity contribution >= 4 is 17.9 Å². The van der Waals surface area contributed by atoms with Crippen LogP contribution in [0.25, 0.3) is 0 Å². The molecule has 206 valence electrons. The molecule has 9 aliphatic rings. The van der Waals surface area contributed by atoms with E-state index in [0.717, 1.165) is 25.0 Å². The zero-order valence-electron chi connectivity index (χ0n) is 22.5. The number of piperidine rings is 2. The lowest BCUT2D eigenvalue weighted by Crippen LogP contribution is -2.71. The molecule has 1 aromatic rings. The predicted octanol–water partition coefficient (Wildman–Crippen LogP) is 2.74. The molecule has 10 rings (SSSR count). The summed E-state index contributed by atoms with van der Waals surface area (Å²) in [6.07, 6.45) is -0.258. The highest BCUT2D eigenvalue weighted by molar-refractivity contribution is 5.89. The molecule has 14 atom stereocenters. The van der Waals surface area contributed by atoms with Crippen molar-refractivity contribution in [1.82, 2.24) is 4.90 Å². The SMILES string of the molecule is C=C1CC23CC4C5C6(C)CC(OC(C)=O)C(OC(C)=O)C57C(C2C(O)C1C(OC(=O)c1ccccc1)C37)N4C6. The van der Waals surface area contributed by atoms with Crippen LogP contribution in [0.5, 0.6) is 0 Å². The van der Waals surface area contributed by atoms with Crippen molar-refractivity contribution in [1.29, 1.82) is 0 Å². The molecule has 9 fully saturated rings. The third kappa shape index (κ3) is 2.57. The van der Waals surface area contributed by atoms with Crippen molar-refractivity contribution in [2.45, 2.75) is 76.5 Å². The van der Waals surface area contributed by atoms with Crippen LogP contribution in [0.3, 0.4) is 0 Å². The highest BCUT2D eigenvalue weighted by Crippen LogP contribution is 2.87. The van der Waals surface area contributed by atoms with E-state index in [1.54, 1.807) is 12.1 Å². The monoisotopic (exact) mass is 533 g/mol. The van der Waals surface area contributed by atoms with Gasteiger partial charge in [-0.15, -0.1) is 0 Å². The molecular formula is C31H35NO7. The number of hydrogen-bond donors (Lipinski definition) is 1. The molecule has 8 heteroatoms. The molecule has 9 bridgehead atoms. The maximum atomic E-state index is 13.6. The van der Waals surface area contributed by atoms with Gasteiger partial charge in [-0.3, -0.25) is 14.5 Å². The summed E-state index contributed by atoms with van der Waals surface area (Å²) in [5, 5.41) is 12.0. The van der Waals surface area contributed by atoms with Gasteiger partial charge in [-0.25, -0.2) is 4.79 Å². The Labute approximate surface area is 227 Å². The molecule has 0 amide bonds. The number of rotatable bonds is 4. The number of ether oxygens (including phenoxy) is 3. The predicted molar refractivity (Wildman–Crippen MR) is 137 cm³/mol. The first-order chi connectivity index (χ1) is 18.5. The molecular weight excluding hydrogens is 498 g/mol. The highest BCUT2D eigenvalue weighted by atomic mass is 16.6. The minimum absolute atomic E-state index is 0.0342. The molecule has 8 nitrogen and oxygen atoms in total. The van der Waals surface area contributed by atoms with Crippen LogP contribution in [0.1, 0.15) is 50.4 Å². The van der Waals surface area contributed by atoms with Crippen LogP contribution in [-0.2, 0) is 23.8 Å². The van der Waals surface area contributed by atoms with Crippen LogP contribution >= 0.6 is 0 Å². The minimum Gasteiger partial charge on any atom is -0.459 e. The Morgan fingerprint density at radius 2 is 1.74 bits per heavy atom. The third-order valence-electron chi connectivity index (χ3n) is 12.1. The van der Waals surface area contributed by atoms with Crippen molar-refractivity contribution in [3.63, 3.8) is 0 Å². The van der Waals surface area contributed by atoms with E-state index in [4.69, 9.17) is 14.2 Å². The Kier molecular flexibility index (Phi) is 4.53. The van der Waals surface area contributed by atoms with Gasteiger partial charge in [0.15, 0.2) is 0 Å². The summed E-state index contributed by atoms with van der Waals surface area (Å²) in [5.74, 6) is -1.60. The normalized spacial score (nSPS) is 52.6. The molecule has 6 aliphatic carbocycles. The standard InChI is InChI=1S/C31H35NO7/c1-14-10-30-11-18-24-29(4)12-19(37-15(2)33)27(38-16(3)34)31(24)25(30)23(39-28(36)17-8-6-5-7-9-17)20(14)22(35)21(30)26(31)32(18)13-29/h5-9,18-27,35H,1,10-13H2,2-4H3. The third-order valence-corrected chi connectivity index (χ3v) is 12.1. The van der Waals surface area contributed by atoms with E-state index in [1.807, 2.05) is 18.2 Å². The molecule has 3 heterocycles. The second-order valence-corrected chi connectivity index (χ2v) is 13.7. The zero-order valence-corrected chi connectivity index (χ0v) is 22.5. The van der Waals surface area contributed by atoms with Crippen LogP contribution in [-0.4, -0.2) is 71.0 Å². The van der Waals surface area contributed by atoms with Gasteiger partial charge >= 0.3 is 17.9 Å². The summed E-state index contributed by atoms with van der Waals surface area (Å²) in [6, 6.07) is 9.22. The van der Waals surface area contributed by atoms with Gasteiger partial charge in [0.2, 0.25) is 0 Å². The fourth-order valence-corrected chi connectivity index (χ4v) is 12.1. The van der Waals surface area contributed by atoms with E-state index in [-0.39, 0.29) is 40.5 Å². The second kappa shape index (κ2) is 7.32. The highest BCUT2D eigenvalue weighted by Gasteiger charge is 2.93. The summed E-state index contributed by atoms with van der Waals surface area (Å²) in [6.45, 7) is 10.4. The van der Waals surface area contributed by atoms with Gasteiger partial charge in [-0.1, -0.05) is 37.3 Å². The average Bonchev–Trinajstić information content (AvgIpc) is 3.30. The van der Waals surface area contributed by atoms with Crippen LogP contribution in [0, 0.1) is 39.9 Å². The number of carbonyl (C=O) groups excluding carboxylic acids is 3. The number of carbonyl (C=O) groups is 3. The van der Waals surface area contributed by atoms with E-state index < -0.39 is 47.7 Å². The van der Waals surface area contributed by atoms with Crippen molar-refractivity contribution in [3.05, 3.63) is 48.0 Å². The number of esters is 3. The topological polar surface area (TPSA) is 102 Å². The summed E-state index contributed by atoms with van der Waals surface area (Å²) >= 11 is 0. The van der Waals surface area contributed by atoms with Crippen LogP contribution in [0.4, 0.5) is 0 Å². The van der Waals surface area contributed by atoms with Gasteiger partial charge in [-0.2, -0.15) is 0 Å². The first kappa shape index (κ1) is 24.1. The fourth-order valence-electron chi connectivity index (χ4n) is 12.1. The largest absolute Gasteiger partial charge is 0.459 e. The number of fused-ring (bicyclic) bond motifs is 1. The summed E-state index contributed by atoms with van der Waals surface area (Å²) in [4.78, 5) is 41.2. The minimum atomic E-state index is -0.709. The quantitative estimate of drug-likeness (QED) is 0.358. The van der Waals surface area contributed by atoms with Gasteiger partial charge < -0.3 is 19.3 Å². The van der Waals surface area contributed by atoms with Gasteiger partial charge in [0.05, 0.1) is 11.7 Å². The lowest BCUT2D eigenvalue weighted by atomic mass is 9.39. The van der Waals surface area contributed by atoms with E-state index in [0.29, 0.717) is 18.0 Å². The Balaban J connectivity index is 1.33. The van der Waals surface area contributed by atoms with Crippen molar-refractivity contribution < 1.29 is 33.7 Å². The van der Waals surface area contributed by atoms with Crippen LogP contribution in [0.2, 0.25) is 0 Å². The molecule has 0 radical (unpaired) electrons. The molecule has 1 aromatic carbocycles. The second-order valence-electron chi connectivity index (χ2n) is 13.7. The molecule has 0 aromatic heterocycles. The molecule has 39 heavy (non-hydrogen) atoms. The first-order valence-electron chi connectivity index (χ1n) is 14.3.